The van der Waals surface area contributed by atoms with Crippen LogP contribution >= 0.6 is 23.2 Å². The molecule has 0 aromatic heterocycles. The standard InChI is InChI=1S/C29H29Cl2N3O4/c1-17-3-2-11-29(16-17)33-25(21-13-22(30)15-23(31)14-21)28(38)34(29)26(18-4-5-18)19-6-8-20(9-7-19)27(37)32-12-10-24(35)36/h2-3,6-9,13-15,17-18,26H,4-5,10-12,16H2,1H3,(H,32,37)(H,35,36)/t17?,26-,29?/m1/s1. The zero-order chi connectivity index (χ0) is 27.0. The van der Waals surface area contributed by atoms with E-state index in [4.69, 9.17) is 33.3 Å². The van der Waals surface area contributed by atoms with Crippen LogP contribution in [0.4, 0.5) is 0 Å². The minimum Gasteiger partial charge on any atom is -0.481 e. The van der Waals surface area contributed by atoms with Gasteiger partial charge in [-0.1, -0.05) is 54.4 Å². The fourth-order valence-corrected chi connectivity index (χ4v) is 6.11. The Morgan fingerprint density at radius 1 is 1.16 bits per heavy atom. The second kappa shape index (κ2) is 10.5. The largest absolute Gasteiger partial charge is 0.481 e. The summed E-state index contributed by atoms with van der Waals surface area (Å²) < 4.78 is 0. The second-order valence-corrected chi connectivity index (χ2v) is 11.3. The summed E-state index contributed by atoms with van der Waals surface area (Å²) >= 11 is 12.6. The Bertz CT molecular complexity index is 1320. The molecule has 1 spiro atoms. The molecule has 2 aromatic carbocycles. The van der Waals surface area contributed by atoms with Gasteiger partial charge in [0.15, 0.2) is 0 Å². The van der Waals surface area contributed by atoms with Gasteiger partial charge in [-0.05, 0) is 67.0 Å². The number of halogens is 2. The van der Waals surface area contributed by atoms with Crippen molar-refractivity contribution in [3.63, 3.8) is 0 Å². The van der Waals surface area contributed by atoms with Gasteiger partial charge in [0.05, 0.1) is 12.5 Å². The minimum atomic E-state index is -0.967. The molecule has 1 saturated carbocycles. The molecule has 1 fully saturated rings. The molecule has 0 radical (unpaired) electrons. The quantitative estimate of drug-likeness (QED) is 0.412. The first-order valence-electron chi connectivity index (χ1n) is 12.8. The van der Waals surface area contributed by atoms with E-state index >= 15 is 0 Å². The fraction of sp³-hybridized carbons (Fsp3) is 0.379. The van der Waals surface area contributed by atoms with E-state index < -0.39 is 11.6 Å². The number of nitrogens with one attached hydrogen (secondary N) is 1. The summed E-state index contributed by atoms with van der Waals surface area (Å²) in [4.78, 5) is 44.5. The maximum Gasteiger partial charge on any atom is 0.305 e. The average molecular weight is 554 g/mol. The minimum absolute atomic E-state index is 0.0603. The van der Waals surface area contributed by atoms with Gasteiger partial charge in [0, 0.05) is 34.1 Å². The molecule has 1 aliphatic heterocycles. The third-order valence-corrected chi connectivity index (χ3v) is 7.81. The van der Waals surface area contributed by atoms with E-state index in [0.29, 0.717) is 45.6 Å². The van der Waals surface area contributed by atoms with Crippen molar-refractivity contribution in [1.29, 1.82) is 0 Å². The lowest BCUT2D eigenvalue weighted by molar-refractivity contribution is -0.137. The lowest BCUT2D eigenvalue weighted by atomic mass is 9.84. The first-order chi connectivity index (χ1) is 18.2. The number of hydrogen-bond donors (Lipinski definition) is 2. The van der Waals surface area contributed by atoms with Crippen molar-refractivity contribution in [2.75, 3.05) is 6.54 Å². The van der Waals surface area contributed by atoms with Crippen LogP contribution in [0.3, 0.4) is 0 Å². The van der Waals surface area contributed by atoms with Crippen molar-refractivity contribution in [3.05, 3.63) is 81.4 Å². The molecule has 2 aliphatic carbocycles. The van der Waals surface area contributed by atoms with E-state index in [2.05, 4.69) is 24.4 Å². The summed E-state index contributed by atoms with van der Waals surface area (Å²) in [6, 6.07) is 12.2. The number of nitrogens with zero attached hydrogens (tertiary/aromatic N) is 2. The number of aliphatic carboxylic acids is 1. The Morgan fingerprint density at radius 2 is 1.84 bits per heavy atom. The van der Waals surface area contributed by atoms with Crippen LogP contribution in [0.5, 0.6) is 0 Å². The summed E-state index contributed by atoms with van der Waals surface area (Å²) in [5.41, 5.74) is 1.66. The summed E-state index contributed by atoms with van der Waals surface area (Å²) in [7, 11) is 0. The molecule has 198 valence electrons. The molecule has 7 nitrogen and oxygen atoms in total. The van der Waals surface area contributed by atoms with E-state index in [1.165, 1.54) is 0 Å². The predicted octanol–water partition coefficient (Wildman–Crippen LogP) is 5.66. The number of benzene rings is 2. The number of allylic oxidation sites excluding steroid dienone is 1. The Morgan fingerprint density at radius 3 is 2.45 bits per heavy atom. The lowest BCUT2D eigenvalue weighted by Crippen LogP contribution is -2.51. The molecule has 1 heterocycles. The zero-order valence-corrected chi connectivity index (χ0v) is 22.5. The number of rotatable bonds is 8. The van der Waals surface area contributed by atoms with Crippen molar-refractivity contribution < 1.29 is 19.5 Å². The maximum absolute atomic E-state index is 14.2. The number of amides is 2. The van der Waals surface area contributed by atoms with Gasteiger partial charge in [-0.25, -0.2) is 0 Å². The van der Waals surface area contributed by atoms with Crippen molar-refractivity contribution in [2.45, 2.75) is 50.7 Å². The van der Waals surface area contributed by atoms with E-state index in [0.717, 1.165) is 18.4 Å². The molecule has 2 N–H and O–H groups in total. The Kier molecular flexibility index (Phi) is 7.34. The van der Waals surface area contributed by atoms with Crippen LogP contribution in [-0.4, -0.2) is 45.7 Å². The molecule has 0 bridgehead atoms. The highest BCUT2D eigenvalue weighted by molar-refractivity contribution is 6.48. The molecule has 38 heavy (non-hydrogen) atoms. The van der Waals surface area contributed by atoms with Gasteiger partial charge in [-0.15, -0.1) is 0 Å². The molecule has 0 saturated heterocycles. The van der Waals surface area contributed by atoms with Crippen LogP contribution in [0.25, 0.3) is 0 Å². The number of carbonyl (C=O) groups excluding carboxylic acids is 2. The molecule has 2 amide bonds. The third kappa shape index (κ3) is 5.36. The van der Waals surface area contributed by atoms with Crippen LogP contribution in [0.1, 0.15) is 66.6 Å². The fourth-order valence-electron chi connectivity index (χ4n) is 5.58. The van der Waals surface area contributed by atoms with E-state index in [1.807, 2.05) is 17.0 Å². The van der Waals surface area contributed by atoms with Crippen LogP contribution in [0.15, 0.2) is 59.6 Å². The highest BCUT2D eigenvalue weighted by atomic mass is 35.5. The predicted molar refractivity (Wildman–Crippen MR) is 147 cm³/mol. The number of carboxylic acid groups (broad SMARTS) is 1. The molecule has 9 heteroatoms. The molecular weight excluding hydrogens is 525 g/mol. The van der Waals surface area contributed by atoms with Gasteiger partial charge in [0.1, 0.15) is 11.4 Å². The number of carbonyl (C=O) groups is 3. The average Bonchev–Trinajstić information content (AvgIpc) is 3.66. The molecular formula is C29H29Cl2N3O4. The molecule has 2 unspecified atom stereocenters. The normalized spacial score (nSPS) is 23.4. The molecule has 5 rings (SSSR count). The molecule has 2 aromatic rings. The lowest BCUT2D eigenvalue weighted by Gasteiger charge is -2.44. The summed E-state index contributed by atoms with van der Waals surface area (Å²) in [6.45, 7) is 2.19. The molecule has 3 atom stereocenters. The first-order valence-corrected chi connectivity index (χ1v) is 13.6. The van der Waals surface area contributed by atoms with Crippen molar-refractivity contribution in [3.8, 4) is 0 Å². The smallest absolute Gasteiger partial charge is 0.305 e. The monoisotopic (exact) mass is 553 g/mol. The van der Waals surface area contributed by atoms with Gasteiger partial charge >= 0.3 is 5.97 Å². The van der Waals surface area contributed by atoms with Gasteiger partial charge in [-0.3, -0.25) is 19.4 Å². The Labute approximate surface area is 231 Å². The van der Waals surface area contributed by atoms with E-state index in [9.17, 15) is 14.4 Å². The van der Waals surface area contributed by atoms with Crippen LogP contribution < -0.4 is 5.32 Å². The van der Waals surface area contributed by atoms with Gasteiger partial charge in [0.2, 0.25) is 0 Å². The third-order valence-electron chi connectivity index (χ3n) is 7.37. The summed E-state index contributed by atoms with van der Waals surface area (Å²) in [6.07, 6.45) is 7.48. The van der Waals surface area contributed by atoms with Crippen molar-refractivity contribution in [1.82, 2.24) is 10.2 Å². The van der Waals surface area contributed by atoms with Crippen molar-refractivity contribution in [2.24, 2.45) is 16.8 Å². The van der Waals surface area contributed by atoms with Gasteiger partial charge in [-0.2, -0.15) is 0 Å². The van der Waals surface area contributed by atoms with E-state index in [-0.39, 0.29) is 36.7 Å². The zero-order valence-electron chi connectivity index (χ0n) is 21.0. The van der Waals surface area contributed by atoms with Gasteiger partial charge < -0.3 is 15.3 Å². The highest BCUT2D eigenvalue weighted by Gasteiger charge is 2.54. The first kappa shape index (κ1) is 26.4. The highest BCUT2D eigenvalue weighted by Crippen LogP contribution is 2.52. The number of carboxylic acids is 1. The Balaban J connectivity index is 1.49. The van der Waals surface area contributed by atoms with Crippen molar-refractivity contribution >= 4 is 46.7 Å². The molecule has 3 aliphatic rings. The summed E-state index contributed by atoms with van der Waals surface area (Å²) in [5, 5.41) is 12.3. The maximum atomic E-state index is 14.2. The van der Waals surface area contributed by atoms with Crippen LogP contribution in [0.2, 0.25) is 10.0 Å². The number of hydrogen-bond acceptors (Lipinski definition) is 4. The van der Waals surface area contributed by atoms with E-state index in [1.54, 1.807) is 30.3 Å². The number of aliphatic imine (C=N–C) groups is 1. The van der Waals surface area contributed by atoms with Crippen LogP contribution in [-0.2, 0) is 9.59 Å². The Hall–Kier alpha value is -3.16. The SMILES string of the molecule is CC1C=CCC2(C1)N=C(c1cc(Cl)cc(Cl)c1)C(=O)N2[C@@H](c1ccc(C(=O)NCCC(=O)O)cc1)C1CC1. The van der Waals surface area contributed by atoms with Gasteiger partial charge in [0.25, 0.3) is 11.8 Å². The topological polar surface area (TPSA) is 99.1 Å². The summed E-state index contributed by atoms with van der Waals surface area (Å²) in [5.74, 6) is -0.889. The van der Waals surface area contributed by atoms with Crippen LogP contribution in [0, 0.1) is 11.8 Å². The second-order valence-electron chi connectivity index (χ2n) is 10.4.